The predicted octanol–water partition coefficient (Wildman–Crippen LogP) is 4.69. The van der Waals surface area contributed by atoms with E-state index in [1.165, 1.54) is 5.56 Å². The van der Waals surface area contributed by atoms with E-state index < -0.39 is 0 Å². The van der Waals surface area contributed by atoms with Gasteiger partial charge in [-0.15, -0.1) is 0 Å². The summed E-state index contributed by atoms with van der Waals surface area (Å²) in [4.78, 5) is 0. The lowest BCUT2D eigenvalue weighted by Gasteiger charge is -2.15. The number of hydrogen-bond acceptors (Lipinski definition) is 4. The van der Waals surface area contributed by atoms with Crippen LogP contribution in [0.4, 0.5) is 0 Å². The molecule has 0 amide bonds. The number of aryl methyl sites for hydroxylation is 2. The monoisotopic (exact) mass is 345 g/mol. The molecule has 0 aliphatic heterocycles. The Balaban J connectivity index is 2.00. The first-order valence-corrected chi connectivity index (χ1v) is 8.12. The fraction of sp³-hybridized carbons (Fsp3) is 0.316. The molecule has 2 rings (SSSR count). The highest BCUT2D eigenvalue weighted by Crippen LogP contribution is 2.36. The van der Waals surface area contributed by atoms with Gasteiger partial charge in [0.2, 0.25) is 0 Å². The molecule has 4 nitrogen and oxygen atoms in total. The second-order valence-corrected chi connectivity index (χ2v) is 5.70. The summed E-state index contributed by atoms with van der Waals surface area (Å²) in [6.45, 7) is 7.07. The third-order valence-electron chi connectivity index (χ3n) is 3.36. The fourth-order valence-corrected chi connectivity index (χ4v) is 2.56. The Hall–Kier alpha value is -2.38. The van der Waals surface area contributed by atoms with Crippen molar-refractivity contribution in [2.75, 3.05) is 19.8 Å². The molecular formula is C19H20ClNO3. The van der Waals surface area contributed by atoms with Crippen LogP contribution in [0.25, 0.3) is 0 Å². The van der Waals surface area contributed by atoms with E-state index in [4.69, 9.17) is 31.1 Å². The maximum atomic E-state index is 9.01. The van der Waals surface area contributed by atoms with Crippen molar-refractivity contribution >= 4 is 11.6 Å². The Morgan fingerprint density at radius 2 is 1.75 bits per heavy atom. The summed E-state index contributed by atoms with van der Waals surface area (Å²) in [5.74, 6) is 1.73. The van der Waals surface area contributed by atoms with Gasteiger partial charge >= 0.3 is 0 Å². The van der Waals surface area contributed by atoms with E-state index in [-0.39, 0.29) is 0 Å². The number of ether oxygens (including phenoxy) is 3. The molecule has 0 aliphatic carbocycles. The average Bonchev–Trinajstić information content (AvgIpc) is 2.55. The normalized spacial score (nSPS) is 10.1. The molecule has 0 fully saturated rings. The molecule has 2 aromatic rings. The first-order valence-electron chi connectivity index (χ1n) is 7.74. The standard InChI is InChI=1S/C19H20ClNO3/c1-4-22-18-11-15(12-21)10-16(20)19(18)24-8-7-23-17-6-5-13(2)9-14(17)3/h5-6,9-11H,4,7-8H2,1-3H3. The van der Waals surface area contributed by atoms with Crippen LogP contribution in [-0.2, 0) is 0 Å². The summed E-state index contributed by atoms with van der Waals surface area (Å²) < 4.78 is 17.0. The molecule has 0 bridgehead atoms. The molecule has 0 saturated heterocycles. The van der Waals surface area contributed by atoms with Crippen LogP contribution in [0.3, 0.4) is 0 Å². The van der Waals surface area contributed by atoms with Gasteiger partial charge in [0.05, 0.1) is 23.3 Å². The highest BCUT2D eigenvalue weighted by Gasteiger charge is 2.12. The Labute approximate surface area is 147 Å². The highest BCUT2D eigenvalue weighted by molar-refractivity contribution is 6.32. The molecule has 0 N–H and O–H groups in total. The van der Waals surface area contributed by atoms with E-state index in [0.29, 0.717) is 41.9 Å². The van der Waals surface area contributed by atoms with Gasteiger partial charge in [-0.25, -0.2) is 0 Å². The molecule has 5 heteroatoms. The Morgan fingerprint density at radius 1 is 1.00 bits per heavy atom. The first-order chi connectivity index (χ1) is 11.5. The van der Waals surface area contributed by atoms with Gasteiger partial charge in [0.25, 0.3) is 0 Å². The number of nitriles is 1. The molecule has 0 saturated carbocycles. The lowest BCUT2D eigenvalue weighted by molar-refractivity contribution is 0.208. The number of nitrogens with zero attached hydrogens (tertiary/aromatic N) is 1. The van der Waals surface area contributed by atoms with Crippen molar-refractivity contribution in [3.8, 4) is 23.3 Å². The minimum atomic E-state index is 0.318. The molecule has 0 atom stereocenters. The summed E-state index contributed by atoms with van der Waals surface area (Å²) >= 11 is 6.19. The van der Waals surface area contributed by atoms with Gasteiger partial charge in [-0.3, -0.25) is 0 Å². The third kappa shape index (κ3) is 4.56. The summed E-state index contributed by atoms with van der Waals surface area (Å²) in [6, 6.07) is 11.3. The maximum Gasteiger partial charge on any atom is 0.179 e. The molecule has 2 aromatic carbocycles. The SMILES string of the molecule is CCOc1cc(C#N)cc(Cl)c1OCCOc1ccc(C)cc1C. The molecule has 0 aliphatic rings. The van der Waals surface area contributed by atoms with Crippen LogP contribution in [0.5, 0.6) is 17.2 Å². The molecule has 0 unspecified atom stereocenters. The zero-order valence-electron chi connectivity index (χ0n) is 14.1. The summed E-state index contributed by atoms with van der Waals surface area (Å²) in [5, 5.41) is 9.36. The van der Waals surface area contributed by atoms with Crippen molar-refractivity contribution in [3.63, 3.8) is 0 Å². The molecule has 0 heterocycles. The first kappa shape index (κ1) is 18.0. The van der Waals surface area contributed by atoms with Gasteiger partial charge in [0.1, 0.15) is 19.0 Å². The van der Waals surface area contributed by atoms with Crippen LogP contribution in [0.1, 0.15) is 23.6 Å². The van der Waals surface area contributed by atoms with E-state index in [1.807, 2.05) is 39.0 Å². The maximum absolute atomic E-state index is 9.01. The molecule has 126 valence electrons. The van der Waals surface area contributed by atoms with Gasteiger partial charge in [0, 0.05) is 6.07 Å². The summed E-state index contributed by atoms with van der Waals surface area (Å²) in [7, 11) is 0. The van der Waals surface area contributed by atoms with Crippen molar-refractivity contribution in [2.45, 2.75) is 20.8 Å². The number of rotatable bonds is 7. The van der Waals surface area contributed by atoms with Crippen LogP contribution in [0.15, 0.2) is 30.3 Å². The number of halogens is 1. The van der Waals surface area contributed by atoms with Crippen LogP contribution < -0.4 is 14.2 Å². The smallest absolute Gasteiger partial charge is 0.179 e. The quantitative estimate of drug-likeness (QED) is 0.683. The van der Waals surface area contributed by atoms with Crippen molar-refractivity contribution in [2.24, 2.45) is 0 Å². The van der Waals surface area contributed by atoms with Gasteiger partial charge in [-0.2, -0.15) is 5.26 Å². The van der Waals surface area contributed by atoms with E-state index in [1.54, 1.807) is 12.1 Å². The van der Waals surface area contributed by atoms with Gasteiger partial charge in [-0.1, -0.05) is 29.3 Å². The molecular weight excluding hydrogens is 326 g/mol. The van der Waals surface area contributed by atoms with E-state index >= 15 is 0 Å². The number of hydrogen-bond donors (Lipinski definition) is 0. The summed E-state index contributed by atoms with van der Waals surface area (Å²) in [5.41, 5.74) is 2.71. The lowest BCUT2D eigenvalue weighted by atomic mass is 10.1. The minimum Gasteiger partial charge on any atom is -0.490 e. The lowest BCUT2D eigenvalue weighted by Crippen LogP contribution is -2.11. The minimum absolute atomic E-state index is 0.318. The molecule has 0 radical (unpaired) electrons. The van der Waals surface area contributed by atoms with Gasteiger partial charge in [-0.05, 0) is 38.5 Å². The van der Waals surface area contributed by atoms with E-state index in [9.17, 15) is 0 Å². The summed E-state index contributed by atoms with van der Waals surface area (Å²) in [6.07, 6.45) is 0. The predicted molar refractivity (Wildman–Crippen MR) is 94.2 cm³/mol. The Kier molecular flexibility index (Phi) is 6.34. The van der Waals surface area contributed by atoms with Crippen molar-refractivity contribution in [1.82, 2.24) is 0 Å². The molecule has 0 aromatic heterocycles. The topological polar surface area (TPSA) is 51.5 Å². The van der Waals surface area contributed by atoms with Crippen LogP contribution >= 0.6 is 11.6 Å². The number of benzene rings is 2. The van der Waals surface area contributed by atoms with Crippen molar-refractivity contribution in [1.29, 1.82) is 5.26 Å². The highest BCUT2D eigenvalue weighted by atomic mass is 35.5. The van der Waals surface area contributed by atoms with Crippen molar-refractivity contribution < 1.29 is 14.2 Å². The largest absolute Gasteiger partial charge is 0.490 e. The Morgan fingerprint density at radius 3 is 2.42 bits per heavy atom. The second-order valence-electron chi connectivity index (χ2n) is 5.30. The van der Waals surface area contributed by atoms with Crippen LogP contribution in [0.2, 0.25) is 5.02 Å². The second kappa shape index (κ2) is 8.47. The zero-order chi connectivity index (χ0) is 17.5. The van der Waals surface area contributed by atoms with Gasteiger partial charge < -0.3 is 14.2 Å². The average molecular weight is 346 g/mol. The molecule has 24 heavy (non-hydrogen) atoms. The Bertz CT molecular complexity index is 753. The zero-order valence-corrected chi connectivity index (χ0v) is 14.8. The van der Waals surface area contributed by atoms with Crippen LogP contribution in [0, 0.1) is 25.2 Å². The van der Waals surface area contributed by atoms with Crippen LogP contribution in [-0.4, -0.2) is 19.8 Å². The fourth-order valence-electron chi connectivity index (χ4n) is 2.29. The van der Waals surface area contributed by atoms with E-state index in [0.717, 1.165) is 11.3 Å². The van der Waals surface area contributed by atoms with Gasteiger partial charge in [0.15, 0.2) is 11.5 Å². The third-order valence-corrected chi connectivity index (χ3v) is 3.64. The molecule has 0 spiro atoms. The van der Waals surface area contributed by atoms with E-state index in [2.05, 4.69) is 6.07 Å². The van der Waals surface area contributed by atoms with Crippen molar-refractivity contribution in [3.05, 3.63) is 52.0 Å².